The van der Waals surface area contributed by atoms with Crippen molar-refractivity contribution >= 4 is 17.6 Å². The third-order valence-corrected chi connectivity index (χ3v) is 9.53. The van der Waals surface area contributed by atoms with Crippen LogP contribution in [0.2, 0.25) is 0 Å². The summed E-state index contributed by atoms with van der Waals surface area (Å²) in [5, 5.41) is 18.1. The van der Waals surface area contributed by atoms with Crippen LogP contribution in [0.25, 0.3) is 16.8 Å². The second kappa shape index (κ2) is 14.0. The SMILES string of the molecule is CCOC(=O)c1cnn(-c2cccc(-c3cccc4c3C(Nc3ccc(C5CCN(C(=O)C(C)O)CC5)c(CC)c3)CC4)c2)c1OC. The van der Waals surface area contributed by atoms with Crippen LogP contribution < -0.4 is 10.1 Å². The molecule has 2 N–H and O–H groups in total. The molecule has 3 aromatic carbocycles. The summed E-state index contributed by atoms with van der Waals surface area (Å²) in [6.07, 6.45) is 5.29. The molecule has 1 aliphatic heterocycles. The first kappa shape index (κ1) is 32.3. The number of piperidine rings is 1. The van der Waals surface area contributed by atoms with Gasteiger partial charge >= 0.3 is 5.97 Å². The van der Waals surface area contributed by atoms with Crippen molar-refractivity contribution in [3.63, 3.8) is 0 Å². The number of aromatic nitrogens is 2. The lowest BCUT2D eigenvalue weighted by molar-refractivity contribution is -0.140. The largest absolute Gasteiger partial charge is 0.480 e. The Labute approximate surface area is 276 Å². The van der Waals surface area contributed by atoms with Crippen molar-refractivity contribution in [3.05, 3.63) is 94.7 Å². The second-order valence-electron chi connectivity index (χ2n) is 12.4. The number of nitrogens with one attached hydrogen (secondary N) is 1. The van der Waals surface area contributed by atoms with Gasteiger partial charge in [0.2, 0.25) is 5.88 Å². The molecular formula is C38H44N4O5. The zero-order valence-electron chi connectivity index (χ0n) is 27.7. The van der Waals surface area contributed by atoms with E-state index in [0.29, 0.717) is 30.5 Å². The summed E-state index contributed by atoms with van der Waals surface area (Å²) in [6.45, 7) is 7.15. The number of ether oxygens (including phenoxy) is 2. The van der Waals surface area contributed by atoms with Crippen molar-refractivity contribution in [3.8, 4) is 22.7 Å². The van der Waals surface area contributed by atoms with Crippen molar-refractivity contribution in [1.29, 1.82) is 0 Å². The molecule has 0 saturated carbocycles. The number of aryl methyl sites for hydroxylation is 2. The number of esters is 1. The fourth-order valence-electron chi connectivity index (χ4n) is 7.23. The van der Waals surface area contributed by atoms with Gasteiger partial charge in [-0.05, 0) is 110 Å². The molecule has 1 amide bonds. The average molecular weight is 637 g/mol. The number of carbonyl (C=O) groups excluding carboxylic acids is 2. The van der Waals surface area contributed by atoms with E-state index < -0.39 is 12.1 Å². The summed E-state index contributed by atoms with van der Waals surface area (Å²) in [5.74, 6) is 0.110. The molecule has 9 nitrogen and oxygen atoms in total. The van der Waals surface area contributed by atoms with Gasteiger partial charge in [-0.1, -0.05) is 43.3 Å². The molecule has 2 heterocycles. The van der Waals surface area contributed by atoms with Gasteiger partial charge in [-0.2, -0.15) is 5.10 Å². The first-order chi connectivity index (χ1) is 22.8. The number of carbonyl (C=O) groups is 2. The van der Waals surface area contributed by atoms with Gasteiger partial charge in [0.25, 0.3) is 5.91 Å². The van der Waals surface area contributed by atoms with Gasteiger partial charge in [-0.25, -0.2) is 9.48 Å². The van der Waals surface area contributed by atoms with Crippen LogP contribution in [0.5, 0.6) is 5.88 Å². The molecular weight excluding hydrogens is 592 g/mol. The van der Waals surface area contributed by atoms with E-state index in [9.17, 15) is 14.7 Å². The van der Waals surface area contributed by atoms with Crippen LogP contribution in [0.15, 0.2) is 66.9 Å². The average Bonchev–Trinajstić information content (AvgIpc) is 3.72. The van der Waals surface area contributed by atoms with Crippen molar-refractivity contribution in [2.45, 2.75) is 70.9 Å². The van der Waals surface area contributed by atoms with E-state index in [2.05, 4.69) is 65.9 Å². The highest BCUT2D eigenvalue weighted by Gasteiger charge is 2.29. The second-order valence-corrected chi connectivity index (χ2v) is 12.4. The number of likely N-dealkylation sites (tertiary alicyclic amines) is 1. The highest BCUT2D eigenvalue weighted by Crippen LogP contribution is 2.42. The first-order valence-electron chi connectivity index (χ1n) is 16.7. The minimum absolute atomic E-state index is 0.157. The highest BCUT2D eigenvalue weighted by molar-refractivity contribution is 5.92. The lowest BCUT2D eigenvalue weighted by Gasteiger charge is -2.34. The van der Waals surface area contributed by atoms with Crippen molar-refractivity contribution in [2.24, 2.45) is 0 Å². The van der Waals surface area contributed by atoms with Crippen molar-refractivity contribution < 1.29 is 24.2 Å². The normalized spacial score (nSPS) is 16.9. The monoisotopic (exact) mass is 636 g/mol. The predicted octanol–water partition coefficient (Wildman–Crippen LogP) is 6.47. The number of anilines is 1. The number of fused-ring (bicyclic) bond motifs is 1. The molecule has 6 rings (SSSR count). The van der Waals surface area contributed by atoms with Crippen molar-refractivity contribution in [2.75, 3.05) is 32.1 Å². The van der Waals surface area contributed by atoms with Gasteiger partial charge in [0.05, 0.1) is 31.6 Å². The molecule has 47 heavy (non-hydrogen) atoms. The molecule has 0 bridgehead atoms. The predicted molar refractivity (Wildman–Crippen MR) is 182 cm³/mol. The van der Waals surface area contributed by atoms with Crippen LogP contribution in [0.1, 0.15) is 84.6 Å². The van der Waals surface area contributed by atoms with E-state index in [1.807, 2.05) is 12.1 Å². The molecule has 4 aromatic rings. The van der Waals surface area contributed by atoms with E-state index in [-0.39, 0.29) is 18.6 Å². The molecule has 9 heteroatoms. The molecule has 0 radical (unpaired) electrons. The molecule has 1 saturated heterocycles. The summed E-state index contributed by atoms with van der Waals surface area (Å²) < 4.78 is 12.4. The van der Waals surface area contributed by atoms with E-state index in [1.165, 1.54) is 41.1 Å². The van der Waals surface area contributed by atoms with Crippen LogP contribution in [0.3, 0.4) is 0 Å². The van der Waals surface area contributed by atoms with Gasteiger partial charge in [-0.15, -0.1) is 0 Å². The Balaban J connectivity index is 1.24. The standard InChI is InChI=1S/C38H44N4O5/c1-5-25-21-29(14-15-31(25)26-17-19-41(20-18-26)36(44)24(3)43)40-34-16-13-27-9-8-12-32(35(27)34)28-10-7-11-30(22-28)42-37(46-4)33(23-39-42)38(45)47-6-2/h7-12,14-15,21-24,26,34,40,43H,5-6,13,16-20H2,1-4H3. The van der Waals surface area contributed by atoms with Crippen LogP contribution >= 0.6 is 0 Å². The van der Waals surface area contributed by atoms with Gasteiger partial charge in [0, 0.05) is 18.8 Å². The van der Waals surface area contributed by atoms with E-state index in [0.717, 1.165) is 49.0 Å². The van der Waals surface area contributed by atoms with Crippen LogP contribution in [-0.4, -0.2) is 64.6 Å². The Morgan fingerprint density at radius 2 is 1.83 bits per heavy atom. The molecule has 0 spiro atoms. The molecule has 2 aliphatic rings. The van der Waals surface area contributed by atoms with Crippen LogP contribution in [0, 0.1) is 0 Å². The Hall–Kier alpha value is -4.63. The Bertz CT molecular complexity index is 1750. The van der Waals surface area contributed by atoms with Gasteiger partial charge in [0.1, 0.15) is 11.7 Å². The van der Waals surface area contributed by atoms with E-state index >= 15 is 0 Å². The molecule has 2 atom stereocenters. The summed E-state index contributed by atoms with van der Waals surface area (Å²) >= 11 is 0. The minimum Gasteiger partial charge on any atom is -0.480 e. The lowest BCUT2D eigenvalue weighted by Crippen LogP contribution is -2.42. The summed E-state index contributed by atoms with van der Waals surface area (Å²) in [7, 11) is 1.53. The van der Waals surface area contributed by atoms with E-state index in [4.69, 9.17) is 9.47 Å². The summed E-state index contributed by atoms with van der Waals surface area (Å²) in [6, 6.07) is 21.6. The number of amides is 1. The highest BCUT2D eigenvalue weighted by atomic mass is 16.5. The van der Waals surface area contributed by atoms with Gasteiger partial charge in [-0.3, -0.25) is 4.79 Å². The third-order valence-electron chi connectivity index (χ3n) is 9.53. The Kier molecular flexibility index (Phi) is 9.63. The molecule has 246 valence electrons. The minimum atomic E-state index is -0.945. The maximum Gasteiger partial charge on any atom is 0.345 e. The number of aliphatic hydroxyl groups is 1. The quantitative estimate of drug-likeness (QED) is 0.192. The lowest BCUT2D eigenvalue weighted by atomic mass is 9.85. The molecule has 1 fully saturated rings. The number of rotatable bonds is 10. The summed E-state index contributed by atoms with van der Waals surface area (Å²) in [4.78, 5) is 26.5. The fraction of sp³-hybridized carbons (Fsp3) is 0.395. The van der Waals surface area contributed by atoms with Crippen molar-refractivity contribution in [1.82, 2.24) is 14.7 Å². The summed E-state index contributed by atoms with van der Waals surface area (Å²) in [5.41, 5.74) is 9.78. The smallest absolute Gasteiger partial charge is 0.345 e. The van der Waals surface area contributed by atoms with E-state index in [1.54, 1.807) is 23.4 Å². The molecule has 1 aliphatic carbocycles. The number of aliphatic hydroxyl groups excluding tert-OH is 1. The number of hydrogen-bond acceptors (Lipinski definition) is 7. The van der Waals surface area contributed by atoms with Gasteiger partial charge in [0.15, 0.2) is 0 Å². The van der Waals surface area contributed by atoms with Crippen LogP contribution in [-0.2, 0) is 22.4 Å². The Morgan fingerprint density at radius 1 is 1.04 bits per heavy atom. The topological polar surface area (TPSA) is 106 Å². The molecule has 1 aromatic heterocycles. The first-order valence-corrected chi connectivity index (χ1v) is 16.7. The maximum absolute atomic E-state index is 12.5. The zero-order chi connectivity index (χ0) is 33.1. The number of benzene rings is 3. The maximum atomic E-state index is 12.5. The van der Waals surface area contributed by atoms with Crippen LogP contribution in [0.4, 0.5) is 5.69 Å². The fourth-order valence-corrected chi connectivity index (χ4v) is 7.23. The molecule has 2 unspecified atom stereocenters. The van der Waals surface area contributed by atoms with Gasteiger partial charge < -0.3 is 24.8 Å². The zero-order valence-corrected chi connectivity index (χ0v) is 27.7. The Morgan fingerprint density at radius 3 is 2.55 bits per heavy atom. The number of nitrogens with zero attached hydrogens (tertiary/aromatic N) is 3. The number of methoxy groups -OCH3 is 1. The third kappa shape index (κ3) is 6.49. The number of hydrogen-bond donors (Lipinski definition) is 2.